The Morgan fingerprint density at radius 2 is 2.00 bits per heavy atom. The van der Waals surface area contributed by atoms with Crippen molar-refractivity contribution in [3.63, 3.8) is 0 Å². The summed E-state index contributed by atoms with van der Waals surface area (Å²) in [6.07, 6.45) is 3.26. The number of rotatable bonds is 6. The van der Waals surface area contributed by atoms with Crippen LogP contribution in [0, 0.1) is 6.92 Å². The van der Waals surface area contributed by atoms with Crippen molar-refractivity contribution in [2.45, 2.75) is 53.0 Å². The molecule has 106 valence electrons. The summed E-state index contributed by atoms with van der Waals surface area (Å²) in [5.41, 5.74) is 1.35. The Kier molecular flexibility index (Phi) is 5.87. The Labute approximate surface area is 116 Å². The highest BCUT2D eigenvalue weighted by atomic mass is 16.3. The summed E-state index contributed by atoms with van der Waals surface area (Å²) < 4.78 is 0. The highest BCUT2D eigenvalue weighted by molar-refractivity contribution is 5.97. The van der Waals surface area contributed by atoms with Crippen LogP contribution in [-0.4, -0.2) is 28.5 Å². The summed E-state index contributed by atoms with van der Waals surface area (Å²) >= 11 is 0. The van der Waals surface area contributed by atoms with Gasteiger partial charge in [-0.1, -0.05) is 25.8 Å². The van der Waals surface area contributed by atoms with Crippen molar-refractivity contribution in [2.75, 3.05) is 6.54 Å². The van der Waals surface area contributed by atoms with Gasteiger partial charge in [0.15, 0.2) is 0 Å². The van der Waals surface area contributed by atoms with Gasteiger partial charge in [-0.25, -0.2) is 0 Å². The summed E-state index contributed by atoms with van der Waals surface area (Å²) in [5, 5.41) is 9.92. The molecule has 0 saturated heterocycles. The molecule has 3 heteroatoms. The van der Waals surface area contributed by atoms with E-state index in [4.69, 9.17) is 0 Å². The van der Waals surface area contributed by atoms with E-state index in [1.54, 1.807) is 12.1 Å². The number of aromatic hydroxyl groups is 1. The van der Waals surface area contributed by atoms with Gasteiger partial charge in [-0.3, -0.25) is 4.79 Å². The molecule has 0 radical (unpaired) electrons. The summed E-state index contributed by atoms with van der Waals surface area (Å²) in [4.78, 5) is 14.3. The molecule has 1 aromatic rings. The first-order valence-corrected chi connectivity index (χ1v) is 7.08. The number of amides is 1. The molecule has 0 aliphatic carbocycles. The van der Waals surface area contributed by atoms with Gasteiger partial charge in [0, 0.05) is 12.6 Å². The molecule has 1 rings (SSSR count). The molecular weight excluding hydrogens is 238 g/mol. The van der Waals surface area contributed by atoms with E-state index in [0.29, 0.717) is 5.56 Å². The fourth-order valence-corrected chi connectivity index (χ4v) is 2.10. The van der Waals surface area contributed by atoms with Crippen molar-refractivity contribution >= 4 is 5.91 Å². The molecule has 0 bridgehead atoms. The lowest BCUT2D eigenvalue weighted by Gasteiger charge is -2.27. The van der Waals surface area contributed by atoms with Crippen LogP contribution in [0.5, 0.6) is 5.75 Å². The third kappa shape index (κ3) is 4.27. The van der Waals surface area contributed by atoms with Crippen LogP contribution < -0.4 is 0 Å². The molecule has 0 aliphatic rings. The van der Waals surface area contributed by atoms with Crippen LogP contribution in [0.15, 0.2) is 18.2 Å². The summed E-state index contributed by atoms with van der Waals surface area (Å²) in [7, 11) is 0. The number of hydrogen-bond acceptors (Lipinski definition) is 2. The van der Waals surface area contributed by atoms with Crippen LogP contribution in [0.1, 0.15) is 56.0 Å². The van der Waals surface area contributed by atoms with Crippen molar-refractivity contribution in [2.24, 2.45) is 0 Å². The Morgan fingerprint density at radius 3 is 2.53 bits per heavy atom. The number of phenolic OH excluding ortho intramolecular Hbond substituents is 1. The first-order chi connectivity index (χ1) is 8.97. The average Bonchev–Trinajstić information content (AvgIpc) is 2.33. The fraction of sp³-hybridized carbons (Fsp3) is 0.562. The number of unbranched alkanes of at least 4 members (excludes halogenated alkanes) is 2. The quantitative estimate of drug-likeness (QED) is 0.794. The number of nitrogens with zero attached hydrogens (tertiary/aromatic N) is 1. The van der Waals surface area contributed by atoms with E-state index in [1.165, 1.54) is 0 Å². The number of carbonyl (C=O) groups is 1. The molecule has 0 fully saturated rings. The van der Waals surface area contributed by atoms with Gasteiger partial charge in [-0.15, -0.1) is 0 Å². The van der Waals surface area contributed by atoms with Gasteiger partial charge in [-0.05, 0) is 44.9 Å². The van der Waals surface area contributed by atoms with Gasteiger partial charge < -0.3 is 10.0 Å². The number of phenols is 1. The van der Waals surface area contributed by atoms with E-state index in [9.17, 15) is 9.90 Å². The topological polar surface area (TPSA) is 40.5 Å². The first kappa shape index (κ1) is 15.5. The van der Waals surface area contributed by atoms with Gasteiger partial charge in [0.25, 0.3) is 5.91 Å². The van der Waals surface area contributed by atoms with Crippen LogP contribution in [0.4, 0.5) is 0 Å². The number of aryl methyl sites for hydroxylation is 1. The second kappa shape index (κ2) is 7.17. The summed E-state index contributed by atoms with van der Waals surface area (Å²) in [6, 6.07) is 5.35. The van der Waals surface area contributed by atoms with E-state index in [0.717, 1.165) is 31.4 Å². The van der Waals surface area contributed by atoms with Gasteiger partial charge >= 0.3 is 0 Å². The van der Waals surface area contributed by atoms with Crippen LogP contribution in [-0.2, 0) is 0 Å². The van der Waals surface area contributed by atoms with Crippen molar-refractivity contribution in [3.05, 3.63) is 29.3 Å². The molecule has 19 heavy (non-hydrogen) atoms. The molecule has 0 saturated carbocycles. The molecule has 1 aromatic carbocycles. The summed E-state index contributed by atoms with van der Waals surface area (Å²) in [5.74, 6) is -0.00487. The van der Waals surface area contributed by atoms with Gasteiger partial charge in [-0.2, -0.15) is 0 Å². The number of hydrogen-bond donors (Lipinski definition) is 1. The zero-order valence-electron chi connectivity index (χ0n) is 12.4. The predicted molar refractivity (Wildman–Crippen MR) is 78.5 cm³/mol. The minimum atomic E-state index is -0.0800. The smallest absolute Gasteiger partial charge is 0.257 e. The van der Waals surface area contributed by atoms with Crippen molar-refractivity contribution in [3.8, 4) is 5.75 Å². The third-order valence-corrected chi connectivity index (χ3v) is 3.27. The highest BCUT2D eigenvalue weighted by Crippen LogP contribution is 2.21. The zero-order chi connectivity index (χ0) is 14.4. The molecular formula is C16H25NO2. The Bertz CT molecular complexity index is 427. The highest BCUT2D eigenvalue weighted by Gasteiger charge is 2.20. The lowest BCUT2D eigenvalue weighted by atomic mass is 10.1. The molecule has 0 spiro atoms. The SMILES string of the molecule is CCCCCN(C(=O)c1ccc(C)cc1O)C(C)C. The van der Waals surface area contributed by atoms with Crippen LogP contribution >= 0.6 is 0 Å². The first-order valence-electron chi connectivity index (χ1n) is 7.08. The van der Waals surface area contributed by atoms with E-state index >= 15 is 0 Å². The van der Waals surface area contributed by atoms with Gasteiger partial charge in [0.1, 0.15) is 5.75 Å². The van der Waals surface area contributed by atoms with Crippen LogP contribution in [0.25, 0.3) is 0 Å². The molecule has 0 aromatic heterocycles. The lowest BCUT2D eigenvalue weighted by Crippen LogP contribution is -2.37. The molecule has 3 nitrogen and oxygen atoms in total. The van der Waals surface area contributed by atoms with E-state index in [1.807, 2.05) is 31.7 Å². The van der Waals surface area contributed by atoms with E-state index < -0.39 is 0 Å². The Morgan fingerprint density at radius 1 is 1.32 bits per heavy atom. The second-order valence-corrected chi connectivity index (χ2v) is 5.32. The maximum Gasteiger partial charge on any atom is 0.257 e. The van der Waals surface area contributed by atoms with Crippen molar-refractivity contribution in [1.82, 2.24) is 4.90 Å². The zero-order valence-corrected chi connectivity index (χ0v) is 12.4. The molecule has 1 amide bonds. The summed E-state index contributed by atoms with van der Waals surface area (Å²) in [6.45, 7) is 8.81. The maximum absolute atomic E-state index is 12.5. The van der Waals surface area contributed by atoms with E-state index in [-0.39, 0.29) is 17.7 Å². The van der Waals surface area contributed by atoms with Crippen molar-refractivity contribution in [1.29, 1.82) is 0 Å². The maximum atomic E-state index is 12.5. The largest absolute Gasteiger partial charge is 0.507 e. The van der Waals surface area contributed by atoms with Gasteiger partial charge in [0.05, 0.1) is 5.56 Å². The second-order valence-electron chi connectivity index (χ2n) is 5.32. The predicted octanol–water partition coefficient (Wildman–Crippen LogP) is 3.74. The lowest BCUT2D eigenvalue weighted by molar-refractivity contribution is 0.0699. The molecule has 0 atom stereocenters. The Balaban J connectivity index is 2.86. The average molecular weight is 263 g/mol. The normalized spacial score (nSPS) is 10.8. The van der Waals surface area contributed by atoms with Crippen molar-refractivity contribution < 1.29 is 9.90 Å². The van der Waals surface area contributed by atoms with E-state index in [2.05, 4.69) is 6.92 Å². The molecule has 0 heterocycles. The standard InChI is InChI=1S/C16H25NO2/c1-5-6-7-10-17(12(2)3)16(19)14-9-8-13(4)11-15(14)18/h8-9,11-12,18H,5-7,10H2,1-4H3. The Hall–Kier alpha value is -1.51. The fourth-order valence-electron chi connectivity index (χ4n) is 2.10. The minimum absolute atomic E-state index is 0.0751. The monoisotopic (exact) mass is 263 g/mol. The van der Waals surface area contributed by atoms with Gasteiger partial charge in [0.2, 0.25) is 0 Å². The minimum Gasteiger partial charge on any atom is -0.507 e. The third-order valence-electron chi connectivity index (χ3n) is 3.27. The molecule has 0 unspecified atom stereocenters. The number of benzene rings is 1. The molecule has 1 N–H and O–H groups in total. The van der Waals surface area contributed by atoms with Crippen LogP contribution in [0.3, 0.4) is 0 Å². The number of carbonyl (C=O) groups excluding carboxylic acids is 1. The molecule has 0 aliphatic heterocycles. The van der Waals surface area contributed by atoms with Crippen LogP contribution in [0.2, 0.25) is 0 Å².